The van der Waals surface area contributed by atoms with Gasteiger partial charge in [0.05, 0.1) is 19.6 Å². The number of nitrogens with two attached hydrogens (primary N) is 1. The van der Waals surface area contributed by atoms with E-state index >= 15 is 0 Å². The number of hydrogen-bond donors (Lipinski definition) is 1. The van der Waals surface area contributed by atoms with Gasteiger partial charge in [0.25, 0.3) is 0 Å². The van der Waals surface area contributed by atoms with E-state index in [0.29, 0.717) is 6.61 Å². The van der Waals surface area contributed by atoms with E-state index in [9.17, 15) is 9.59 Å². The number of rotatable bonds is 7. The van der Waals surface area contributed by atoms with Crippen molar-refractivity contribution in [1.29, 1.82) is 0 Å². The highest BCUT2D eigenvalue weighted by Crippen LogP contribution is 2.24. The van der Waals surface area contributed by atoms with Gasteiger partial charge >= 0.3 is 11.9 Å². The summed E-state index contributed by atoms with van der Waals surface area (Å²) in [5.74, 6) is -1.33. The second-order valence-electron chi connectivity index (χ2n) is 4.30. The summed E-state index contributed by atoms with van der Waals surface area (Å²) in [7, 11) is 0. The van der Waals surface area contributed by atoms with Crippen molar-refractivity contribution in [2.24, 2.45) is 5.73 Å². The standard InChI is InChI=1S/C15H21NO4/c1-3-19-13(17)10-12(11-8-6-5-7-9-11)14(16)15(18)20-4-2/h5-9,12,14H,3-4,10,16H2,1-2H3/t12-,14+/m0/s1. The van der Waals surface area contributed by atoms with E-state index in [1.807, 2.05) is 30.3 Å². The summed E-state index contributed by atoms with van der Waals surface area (Å²) in [6.07, 6.45) is 0.0534. The molecule has 0 heterocycles. The van der Waals surface area contributed by atoms with Gasteiger partial charge < -0.3 is 15.2 Å². The molecule has 5 nitrogen and oxygen atoms in total. The SMILES string of the molecule is CCOC(=O)C[C@@H](c1ccccc1)[C@@H](N)C(=O)OCC. The van der Waals surface area contributed by atoms with E-state index in [2.05, 4.69) is 0 Å². The lowest BCUT2D eigenvalue weighted by molar-refractivity contribution is -0.147. The normalized spacial score (nSPS) is 13.3. The van der Waals surface area contributed by atoms with Gasteiger partial charge in [-0.15, -0.1) is 0 Å². The predicted molar refractivity (Wildman–Crippen MR) is 75.0 cm³/mol. The summed E-state index contributed by atoms with van der Waals surface area (Å²) in [4.78, 5) is 23.5. The van der Waals surface area contributed by atoms with Crippen LogP contribution in [-0.4, -0.2) is 31.2 Å². The maximum atomic E-state index is 11.8. The lowest BCUT2D eigenvalue weighted by atomic mass is 9.89. The molecular formula is C15H21NO4. The molecule has 0 saturated carbocycles. The second-order valence-corrected chi connectivity index (χ2v) is 4.30. The molecule has 0 radical (unpaired) electrons. The fourth-order valence-electron chi connectivity index (χ4n) is 1.95. The Hall–Kier alpha value is -1.88. The fraction of sp³-hybridized carbons (Fsp3) is 0.467. The maximum absolute atomic E-state index is 11.8. The van der Waals surface area contributed by atoms with Crippen molar-refractivity contribution in [2.75, 3.05) is 13.2 Å². The van der Waals surface area contributed by atoms with Crippen LogP contribution in [-0.2, 0) is 19.1 Å². The molecular weight excluding hydrogens is 258 g/mol. The van der Waals surface area contributed by atoms with Gasteiger partial charge in [0.2, 0.25) is 0 Å². The molecule has 20 heavy (non-hydrogen) atoms. The van der Waals surface area contributed by atoms with Gasteiger partial charge in [0.15, 0.2) is 0 Å². The highest BCUT2D eigenvalue weighted by Gasteiger charge is 2.29. The van der Waals surface area contributed by atoms with Crippen LogP contribution in [0.25, 0.3) is 0 Å². The zero-order chi connectivity index (χ0) is 15.0. The third kappa shape index (κ3) is 4.66. The third-order valence-electron chi connectivity index (χ3n) is 2.91. The minimum Gasteiger partial charge on any atom is -0.466 e. The average molecular weight is 279 g/mol. The molecule has 2 N–H and O–H groups in total. The van der Waals surface area contributed by atoms with Gasteiger partial charge in [-0.05, 0) is 19.4 Å². The molecule has 5 heteroatoms. The van der Waals surface area contributed by atoms with Gasteiger partial charge in [-0.25, -0.2) is 0 Å². The van der Waals surface area contributed by atoms with Crippen LogP contribution >= 0.6 is 0 Å². The van der Waals surface area contributed by atoms with Crippen molar-refractivity contribution in [3.63, 3.8) is 0 Å². The van der Waals surface area contributed by atoms with Crippen LogP contribution in [0.1, 0.15) is 31.7 Å². The molecule has 0 unspecified atom stereocenters. The minimum atomic E-state index is -0.887. The van der Waals surface area contributed by atoms with Crippen LogP contribution in [0.2, 0.25) is 0 Å². The van der Waals surface area contributed by atoms with Crippen LogP contribution in [0.15, 0.2) is 30.3 Å². The zero-order valence-corrected chi connectivity index (χ0v) is 11.9. The smallest absolute Gasteiger partial charge is 0.323 e. The Morgan fingerprint density at radius 2 is 1.70 bits per heavy atom. The van der Waals surface area contributed by atoms with Crippen LogP contribution < -0.4 is 5.73 Å². The van der Waals surface area contributed by atoms with E-state index < -0.39 is 17.9 Å². The number of ether oxygens (including phenoxy) is 2. The minimum absolute atomic E-state index is 0.0534. The first kappa shape index (κ1) is 16.2. The van der Waals surface area contributed by atoms with Crippen molar-refractivity contribution < 1.29 is 19.1 Å². The fourth-order valence-corrected chi connectivity index (χ4v) is 1.95. The van der Waals surface area contributed by atoms with E-state index in [1.165, 1.54) is 0 Å². The van der Waals surface area contributed by atoms with Gasteiger partial charge in [-0.2, -0.15) is 0 Å². The summed E-state index contributed by atoms with van der Waals surface area (Å²) in [6.45, 7) is 4.01. The number of hydrogen-bond acceptors (Lipinski definition) is 5. The molecule has 110 valence electrons. The van der Waals surface area contributed by atoms with Crippen molar-refractivity contribution in [2.45, 2.75) is 32.2 Å². The molecule has 0 aliphatic heterocycles. The number of esters is 2. The molecule has 1 aromatic carbocycles. The maximum Gasteiger partial charge on any atom is 0.323 e. The van der Waals surface area contributed by atoms with Gasteiger partial charge in [-0.1, -0.05) is 30.3 Å². The highest BCUT2D eigenvalue weighted by molar-refractivity contribution is 5.79. The Labute approximate surface area is 119 Å². The van der Waals surface area contributed by atoms with E-state index in [0.717, 1.165) is 5.56 Å². The summed E-state index contributed by atoms with van der Waals surface area (Å²) < 4.78 is 9.87. The van der Waals surface area contributed by atoms with Gasteiger partial charge in [-0.3, -0.25) is 9.59 Å². The Balaban J connectivity index is 2.89. The van der Waals surface area contributed by atoms with Crippen LogP contribution in [0.3, 0.4) is 0 Å². The van der Waals surface area contributed by atoms with E-state index in [1.54, 1.807) is 13.8 Å². The predicted octanol–water partition coefficient (Wildman–Crippen LogP) is 1.61. The van der Waals surface area contributed by atoms with Crippen molar-refractivity contribution in [3.8, 4) is 0 Å². The Morgan fingerprint density at radius 1 is 1.10 bits per heavy atom. The Kier molecular flexibility index (Phi) is 6.73. The molecule has 0 spiro atoms. The lowest BCUT2D eigenvalue weighted by Crippen LogP contribution is -2.39. The molecule has 0 amide bonds. The Morgan fingerprint density at radius 3 is 2.25 bits per heavy atom. The third-order valence-corrected chi connectivity index (χ3v) is 2.91. The zero-order valence-electron chi connectivity index (χ0n) is 11.9. The molecule has 0 aliphatic rings. The van der Waals surface area contributed by atoms with E-state index in [-0.39, 0.29) is 19.0 Å². The van der Waals surface area contributed by atoms with Crippen LogP contribution in [0.5, 0.6) is 0 Å². The molecule has 0 fully saturated rings. The molecule has 0 saturated heterocycles. The summed E-state index contributed by atoms with van der Waals surface area (Å²) >= 11 is 0. The van der Waals surface area contributed by atoms with Crippen LogP contribution in [0.4, 0.5) is 0 Å². The first-order chi connectivity index (χ1) is 9.60. The van der Waals surface area contributed by atoms with Crippen molar-refractivity contribution >= 4 is 11.9 Å². The first-order valence-corrected chi connectivity index (χ1v) is 6.72. The first-order valence-electron chi connectivity index (χ1n) is 6.72. The summed E-state index contributed by atoms with van der Waals surface area (Å²) in [5, 5.41) is 0. The summed E-state index contributed by atoms with van der Waals surface area (Å²) in [5.41, 5.74) is 6.76. The number of carbonyl (C=O) groups is 2. The molecule has 1 rings (SSSR count). The molecule has 1 aromatic rings. The number of carbonyl (C=O) groups excluding carboxylic acids is 2. The van der Waals surface area contributed by atoms with Gasteiger partial charge in [0.1, 0.15) is 6.04 Å². The summed E-state index contributed by atoms with van der Waals surface area (Å²) in [6, 6.07) is 8.32. The molecule has 0 bridgehead atoms. The molecule has 0 aliphatic carbocycles. The average Bonchev–Trinajstić information content (AvgIpc) is 2.45. The topological polar surface area (TPSA) is 78.6 Å². The van der Waals surface area contributed by atoms with Crippen molar-refractivity contribution in [1.82, 2.24) is 0 Å². The van der Waals surface area contributed by atoms with Crippen molar-refractivity contribution in [3.05, 3.63) is 35.9 Å². The van der Waals surface area contributed by atoms with Crippen LogP contribution in [0, 0.1) is 0 Å². The van der Waals surface area contributed by atoms with Gasteiger partial charge in [0, 0.05) is 5.92 Å². The Bertz CT molecular complexity index is 433. The second kappa shape index (κ2) is 8.32. The number of benzene rings is 1. The molecule has 2 atom stereocenters. The monoisotopic (exact) mass is 279 g/mol. The molecule has 0 aromatic heterocycles. The quantitative estimate of drug-likeness (QED) is 0.767. The highest BCUT2D eigenvalue weighted by atomic mass is 16.5. The largest absolute Gasteiger partial charge is 0.466 e. The lowest BCUT2D eigenvalue weighted by Gasteiger charge is -2.22. The van der Waals surface area contributed by atoms with E-state index in [4.69, 9.17) is 15.2 Å².